The van der Waals surface area contributed by atoms with Crippen molar-refractivity contribution in [2.45, 2.75) is 246 Å². The molecule has 0 saturated carbocycles. The van der Waals surface area contributed by atoms with Gasteiger partial charge in [-0.3, -0.25) is 14.4 Å². The average molecular weight is 763 g/mol. The van der Waals surface area contributed by atoms with Gasteiger partial charge in [-0.2, -0.15) is 0 Å². The summed E-state index contributed by atoms with van der Waals surface area (Å²) in [7, 11) is 4.19. The van der Waals surface area contributed by atoms with Crippen LogP contribution in [0, 0.1) is 5.92 Å². The molecule has 0 aliphatic rings. The quantitative estimate of drug-likeness (QED) is 0.0268. The Bertz CT molecular complexity index is 822. The summed E-state index contributed by atoms with van der Waals surface area (Å²) in [4.78, 5) is 34.9. The van der Waals surface area contributed by atoms with Crippen molar-refractivity contribution < 1.29 is 19.2 Å². The predicted molar refractivity (Wildman–Crippen MR) is 234 cm³/mol. The summed E-state index contributed by atoms with van der Waals surface area (Å²) in [6, 6.07) is 0.122. The van der Waals surface area contributed by atoms with Crippen molar-refractivity contribution >= 4 is 11.9 Å². The lowest BCUT2D eigenvalue weighted by atomic mass is 9.92. The Kier molecular flexibility index (Phi) is 40.2. The van der Waals surface area contributed by atoms with E-state index in [2.05, 4.69) is 58.8 Å². The van der Waals surface area contributed by atoms with Crippen LogP contribution in [-0.2, 0) is 19.2 Å². The number of allylic oxidation sites excluding steroid dienone is 1. The number of ether oxygens (including phenoxy) is 1. The van der Waals surface area contributed by atoms with Gasteiger partial charge in [-0.1, -0.05) is 181 Å². The largest absolute Gasteiger partial charge is 0.466 e. The highest BCUT2D eigenvalue weighted by atomic mass is 16.7. The number of amides is 1. The normalized spacial score (nSPS) is 12.4. The molecular formula is C48H94N2O4. The zero-order valence-corrected chi connectivity index (χ0v) is 37.3. The zero-order valence-electron chi connectivity index (χ0n) is 37.3. The number of carbonyl (C=O) groups excluding carboxylic acids is 2. The molecule has 0 aromatic heterocycles. The monoisotopic (exact) mass is 763 g/mol. The van der Waals surface area contributed by atoms with Gasteiger partial charge in [-0.05, 0) is 84.3 Å². The standard InChI is InChI=1S/C48H94N2O4/c1-7-11-15-17-19-21-23-29-37-46(50(47(51)39-32-33-42-49(5)6)54-43-34-26-22-20-18-16-12-8-2)38-30-24-25-31-40-48(52)53-44-41-45(35-27-13-9-3)36-28-14-10-4/h22,26,45-46H,7-21,23-25,27-44H2,1-6H3/b26-22-. The highest BCUT2D eigenvalue weighted by Gasteiger charge is 2.24. The molecule has 1 unspecified atom stereocenters. The fourth-order valence-corrected chi connectivity index (χ4v) is 7.45. The Balaban J connectivity index is 5.06. The van der Waals surface area contributed by atoms with E-state index in [-0.39, 0.29) is 17.9 Å². The number of nitrogens with zero attached hydrogens (tertiary/aromatic N) is 2. The highest BCUT2D eigenvalue weighted by molar-refractivity contribution is 5.75. The molecule has 0 aliphatic heterocycles. The first-order valence-corrected chi connectivity index (χ1v) is 23.8. The number of rotatable bonds is 42. The van der Waals surface area contributed by atoms with Crippen LogP contribution in [0.3, 0.4) is 0 Å². The van der Waals surface area contributed by atoms with Gasteiger partial charge >= 0.3 is 5.97 Å². The van der Waals surface area contributed by atoms with Crippen LogP contribution in [0.1, 0.15) is 240 Å². The van der Waals surface area contributed by atoms with Crippen LogP contribution in [-0.4, -0.2) is 61.7 Å². The van der Waals surface area contributed by atoms with Crippen LogP contribution in [0.25, 0.3) is 0 Å². The summed E-state index contributed by atoms with van der Waals surface area (Å²) in [5.74, 6) is 0.820. The van der Waals surface area contributed by atoms with E-state index in [1.54, 1.807) is 0 Å². The second-order valence-corrected chi connectivity index (χ2v) is 16.7. The molecule has 0 saturated heterocycles. The minimum atomic E-state index is -0.0297. The second-order valence-electron chi connectivity index (χ2n) is 16.7. The first kappa shape index (κ1) is 52.6. The van der Waals surface area contributed by atoms with Crippen molar-refractivity contribution in [3.63, 3.8) is 0 Å². The molecule has 0 fully saturated rings. The van der Waals surface area contributed by atoms with Crippen molar-refractivity contribution in [1.82, 2.24) is 9.96 Å². The molecule has 0 heterocycles. The van der Waals surface area contributed by atoms with E-state index in [9.17, 15) is 9.59 Å². The molecule has 320 valence electrons. The van der Waals surface area contributed by atoms with Gasteiger partial charge in [0.15, 0.2) is 0 Å². The fourth-order valence-electron chi connectivity index (χ4n) is 7.45. The van der Waals surface area contributed by atoms with Crippen molar-refractivity contribution in [2.24, 2.45) is 5.92 Å². The Labute approximate surface area is 337 Å². The molecule has 0 aromatic carbocycles. The van der Waals surface area contributed by atoms with Crippen LogP contribution >= 0.6 is 0 Å². The highest BCUT2D eigenvalue weighted by Crippen LogP contribution is 2.23. The number of hydrogen-bond acceptors (Lipinski definition) is 5. The van der Waals surface area contributed by atoms with Gasteiger partial charge in [0, 0.05) is 12.8 Å². The number of esters is 1. The molecule has 1 amide bonds. The SMILES string of the molecule is CCCCCC/C=C\CCON(C(=O)CCCCN(C)C)C(CCCCCCCCCC)CCCCCCC(=O)OCCC(CCCCC)CCCCC. The topological polar surface area (TPSA) is 59.1 Å². The van der Waals surface area contributed by atoms with Gasteiger partial charge in [0.1, 0.15) is 0 Å². The first-order chi connectivity index (χ1) is 26.4. The van der Waals surface area contributed by atoms with Crippen LogP contribution in [0.4, 0.5) is 0 Å². The van der Waals surface area contributed by atoms with Crippen LogP contribution in [0.15, 0.2) is 12.2 Å². The van der Waals surface area contributed by atoms with Crippen LogP contribution in [0.2, 0.25) is 0 Å². The fraction of sp³-hybridized carbons (Fsp3) is 0.917. The Morgan fingerprint density at radius 1 is 0.500 bits per heavy atom. The van der Waals surface area contributed by atoms with E-state index in [1.165, 1.54) is 122 Å². The Hall–Kier alpha value is -1.40. The van der Waals surface area contributed by atoms with Gasteiger partial charge in [-0.25, -0.2) is 5.06 Å². The third-order valence-electron chi connectivity index (χ3n) is 11.0. The van der Waals surface area contributed by atoms with Crippen molar-refractivity contribution in [2.75, 3.05) is 33.9 Å². The molecule has 0 bridgehead atoms. The Morgan fingerprint density at radius 2 is 0.981 bits per heavy atom. The summed E-state index contributed by atoms with van der Waals surface area (Å²) in [6.07, 6.45) is 42.3. The van der Waals surface area contributed by atoms with E-state index in [1.807, 2.05) is 5.06 Å². The van der Waals surface area contributed by atoms with Gasteiger partial charge in [0.2, 0.25) is 5.91 Å². The summed E-state index contributed by atoms with van der Waals surface area (Å²) in [6.45, 7) is 11.2. The summed E-state index contributed by atoms with van der Waals surface area (Å²) in [5.41, 5.74) is 0. The molecule has 0 radical (unpaired) electrons. The van der Waals surface area contributed by atoms with Gasteiger partial charge in [0.05, 0.1) is 19.3 Å². The molecule has 0 N–H and O–H groups in total. The molecule has 0 spiro atoms. The summed E-state index contributed by atoms with van der Waals surface area (Å²) in [5, 5.41) is 1.82. The minimum absolute atomic E-state index is 0.0297. The lowest BCUT2D eigenvalue weighted by molar-refractivity contribution is -0.202. The number of hydroxylamine groups is 2. The number of hydrogen-bond donors (Lipinski definition) is 0. The number of unbranched alkanes of at least 4 members (excludes halogenated alkanes) is 19. The maximum Gasteiger partial charge on any atom is 0.305 e. The minimum Gasteiger partial charge on any atom is -0.466 e. The molecule has 1 atom stereocenters. The molecule has 6 heteroatoms. The maximum atomic E-state index is 13.7. The van der Waals surface area contributed by atoms with Crippen LogP contribution in [0.5, 0.6) is 0 Å². The van der Waals surface area contributed by atoms with Gasteiger partial charge in [-0.15, -0.1) is 0 Å². The van der Waals surface area contributed by atoms with Gasteiger partial charge < -0.3 is 9.64 Å². The lowest BCUT2D eigenvalue weighted by Crippen LogP contribution is -2.40. The van der Waals surface area contributed by atoms with Gasteiger partial charge in [0.25, 0.3) is 0 Å². The number of carbonyl (C=O) groups is 2. The van der Waals surface area contributed by atoms with Crippen molar-refractivity contribution in [3.05, 3.63) is 12.2 Å². The maximum absolute atomic E-state index is 13.7. The molecule has 6 nitrogen and oxygen atoms in total. The van der Waals surface area contributed by atoms with Crippen LogP contribution < -0.4 is 0 Å². The predicted octanol–water partition coefficient (Wildman–Crippen LogP) is 14.3. The summed E-state index contributed by atoms with van der Waals surface area (Å²) >= 11 is 0. The molecular weight excluding hydrogens is 669 g/mol. The lowest BCUT2D eigenvalue weighted by Gasteiger charge is -2.31. The van der Waals surface area contributed by atoms with E-state index in [4.69, 9.17) is 9.57 Å². The first-order valence-electron chi connectivity index (χ1n) is 23.8. The zero-order chi connectivity index (χ0) is 39.7. The summed E-state index contributed by atoms with van der Waals surface area (Å²) < 4.78 is 5.71. The van der Waals surface area contributed by atoms with E-state index in [0.29, 0.717) is 32.0 Å². The molecule has 54 heavy (non-hydrogen) atoms. The third kappa shape index (κ3) is 35.0. The smallest absolute Gasteiger partial charge is 0.305 e. The average Bonchev–Trinajstić information content (AvgIpc) is 3.15. The van der Waals surface area contributed by atoms with E-state index in [0.717, 1.165) is 83.6 Å². The third-order valence-corrected chi connectivity index (χ3v) is 11.0. The Morgan fingerprint density at radius 3 is 1.57 bits per heavy atom. The van der Waals surface area contributed by atoms with E-state index < -0.39 is 0 Å². The van der Waals surface area contributed by atoms with E-state index >= 15 is 0 Å². The van der Waals surface area contributed by atoms with Crippen molar-refractivity contribution in [1.29, 1.82) is 0 Å². The second kappa shape index (κ2) is 41.2. The molecule has 0 rings (SSSR count). The molecule has 0 aliphatic carbocycles. The molecule has 0 aromatic rings. The van der Waals surface area contributed by atoms with Crippen molar-refractivity contribution in [3.8, 4) is 0 Å².